The lowest BCUT2D eigenvalue weighted by Crippen LogP contribution is -2.52. The highest BCUT2D eigenvalue weighted by Gasteiger charge is 2.30. The van der Waals surface area contributed by atoms with Gasteiger partial charge in [-0.3, -0.25) is 9.69 Å². The maximum Gasteiger partial charge on any atom is 0.240 e. The first kappa shape index (κ1) is 16.5. The molecule has 4 heteroatoms. The summed E-state index contributed by atoms with van der Waals surface area (Å²) in [7, 11) is 0. The highest BCUT2D eigenvalue weighted by molar-refractivity contribution is 5.80. The van der Waals surface area contributed by atoms with E-state index >= 15 is 0 Å². The number of likely N-dealkylation sites (N-methyl/N-ethyl adjacent to an activating group) is 1. The van der Waals surface area contributed by atoms with E-state index in [1.54, 1.807) is 0 Å². The van der Waals surface area contributed by atoms with E-state index in [1.165, 1.54) is 31.4 Å². The molecule has 0 aromatic carbocycles. The van der Waals surface area contributed by atoms with Gasteiger partial charge in [-0.1, -0.05) is 13.0 Å². The van der Waals surface area contributed by atoms with Gasteiger partial charge in [0.15, 0.2) is 0 Å². The van der Waals surface area contributed by atoms with Crippen molar-refractivity contribution in [1.82, 2.24) is 9.80 Å². The average molecular weight is 293 g/mol. The van der Waals surface area contributed by atoms with Crippen LogP contribution in [0.3, 0.4) is 0 Å². The number of amides is 1. The fourth-order valence-corrected chi connectivity index (χ4v) is 3.78. The third-order valence-corrected chi connectivity index (χ3v) is 5.04. The van der Waals surface area contributed by atoms with Gasteiger partial charge in [0, 0.05) is 24.8 Å². The van der Waals surface area contributed by atoms with Gasteiger partial charge in [-0.15, -0.1) is 0 Å². The summed E-state index contributed by atoms with van der Waals surface area (Å²) < 4.78 is 0. The second kappa shape index (κ2) is 7.95. The van der Waals surface area contributed by atoms with Crippen LogP contribution in [-0.2, 0) is 4.79 Å². The number of likely N-dealkylation sites (tertiary alicyclic amines) is 1. The summed E-state index contributed by atoms with van der Waals surface area (Å²) in [6.07, 6.45) is 9.30. The Morgan fingerprint density at radius 2 is 2.24 bits per heavy atom. The van der Waals surface area contributed by atoms with Crippen LogP contribution in [0.5, 0.6) is 0 Å². The number of carbonyl (C=O) groups is 1. The van der Waals surface area contributed by atoms with Crippen LogP contribution in [0.1, 0.15) is 52.4 Å². The van der Waals surface area contributed by atoms with Gasteiger partial charge in [-0.25, -0.2) is 0 Å². The molecule has 0 aromatic rings. The van der Waals surface area contributed by atoms with Crippen LogP contribution in [0.2, 0.25) is 0 Å². The number of carbonyl (C=O) groups excluding carboxylic acids is 1. The summed E-state index contributed by atoms with van der Waals surface area (Å²) in [6, 6.07) is 0.363. The molecule has 0 saturated carbocycles. The number of allylic oxidation sites excluding steroid dienone is 2. The Morgan fingerprint density at radius 3 is 2.86 bits per heavy atom. The Bertz CT molecular complexity index is 380. The minimum atomic E-state index is 0.248. The summed E-state index contributed by atoms with van der Waals surface area (Å²) in [5.74, 6) is 0.846. The molecule has 1 heterocycles. The van der Waals surface area contributed by atoms with Gasteiger partial charge in [0.05, 0.1) is 6.54 Å². The van der Waals surface area contributed by atoms with Gasteiger partial charge in [0.25, 0.3) is 0 Å². The first-order valence-electron chi connectivity index (χ1n) is 8.60. The molecule has 0 bridgehead atoms. The molecule has 2 aliphatic rings. The molecule has 1 fully saturated rings. The van der Waals surface area contributed by atoms with E-state index in [0.29, 0.717) is 25.0 Å². The molecule has 0 aromatic heterocycles. The average Bonchev–Trinajstić information content (AvgIpc) is 2.49. The van der Waals surface area contributed by atoms with Crippen LogP contribution in [0, 0.1) is 5.92 Å². The lowest BCUT2D eigenvalue weighted by atomic mass is 9.91. The third kappa shape index (κ3) is 4.07. The zero-order valence-corrected chi connectivity index (χ0v) is 13.7. The molecule has 1 aliphatic carbocycles. The van der Waals surface area contributed by atoms with Crippen molar-refractivity contribution in [3.05, 3.63) is 11.8 Å². The van der Waals surface area contributed by atoms with E-state index in [2.05, 4.69) is 24.8 Å². The lowest BCUT2D eigenvalue weighted by molar-refractivity contribution is -0.131. The topological polar surface area (TPSA) is 49.6 Å². The van der Waals surface area contributed by atoms with Gasteiger partial charge in [0.1, 0.15) is 0 Å². The Morgan fingerprint density at radius 1 is 1.43 bits per heavy atom. The first-order valence-corrected chi connectivity index (χ1v) is 8.60. The molecule has 2 N–H and O–H groups in total. The van der Waals surface area contributed by atoms with E-state index < -0.39 is 0 Å². The zero-order chi connectivity index (χ0) is 15.2. The minimum absolute atomic E-state index is 0.248. The van der Waals surface area contributed by atoms with Crippen molar-refractivity contribution in [3.63, 3.8) is 0 Å². The van der Waals surface area contributed by atoms with E-state index in [-0.39, 0.29) is 5.91 Å². The lowest BCUT2D eigenvalue weighted by Gasteiger charge is -2.40. The Balaban J connectivity index is 1.99. The third-order valence-electron chi connectivity index (χ3n) is 5.04. The molecule has 0 spiro atoms. The predicted octanol–water partition coefficient (Wildman–Crippen LogP) is 2.35. The molecule has 0 radical (unpaired) electrons. The molecule has 2 unspecified atom stereocenters. The normalized spacial score (nSPS) is 27.3. The monoisotopic (exact) mass is 293 g/mol. The SMILES string of the molecule is CCN(C(=O)CN1CCCC(C)C1CN)C1=CCCCC1. The van der Waals surface area contributed by atoms with E-state index in [0.717, 1.165) is 25.9 Å². The maximum absolute atomic E-state index is 12.7. The molecule has 2 atom stereocenters. The van der Waals surface area contributed by atoms with E-state index in [9.17, 15) is 4.79 Å². The second-order valence-corrected chi connectivity index (χ2v) is 6.47. The highest BCUT2D eigenvalue weighted by Crippen LogP contribution is 2.24. The van der Waals surface area contributed by atoms with E-state index in [4.69, 9.17) is 5.73 Å². The van der Waals surface area contributed by atoms with Gasteiger partial charge >= 0.3 is 0 Å². The second-order valence-electron chi connectivity index (χ2n) is 6.47. The van der Waals surface area contributed by atoms with Gasteiger partial charge in [0.2, 0.25) is 5.91 Å². The highest BCUT2D eigenvalue weighted by atomic mass is 16.2. The van der Waals surface area contributed by atoms with Crippen molar-refractivity contribution >= 4 is 5.91 Å². The molecule has 1 saturated heterocycles. The van der Waals surface area contributed by atoms with Crippen molar-refractivity contribution in [2.75, 3.05) is 26.2 Å². The van der Waals surface area contributed by atoms with Crippen LogP contribution < -0.4 is 5.73 Å². The molecule has 4 nitrogen and oxygen atoms in total. The van der Waals surface area contributed by atoms with Gasteiger partial charge < -0.3 is 10.6 Å². The van der Waals surface area contributed by atoms with Gasteiger partial charge in [-0.2, -0.15) is 0 Å². The number of hydrogen-bond donors (Lipinski definition) is 1. The van der Waals surface area contributed by atoms with E-state index in [1.807, 2.05) is 4.90 Å². The van der Waals surface area contributed by atoms with Crippen molar-refractivity contribution in [1.29, 1.82) is 0 Å². The smallest absolute Gasteiger partial charge is 0.240 e. The predicted molar refractivity (Wildman–Crippen MR) is 86.8 cm³/mol. The molecule has 1 aliphatic heterocycles. The van der Waals surface area contributed by atoms with Crippen molar-refractivity contribution < 1.29 is 4.79 Å². The van der Waals surface area contributed by atoms with Crippen LogP contribution in [0.25, 0.3) is 0 Å². The van der Waals surface area contributed by atoms with Crippen LogP contribution in [0.15, 0.2) is 11.8 Å². The minimum Gasteiger partial charge on any atom is -0.329 e. The zero-order valence-electron chi connectivity index (χ0n) is 13.7. The number of nitrogens with two attached hydrogens (primary N) is 1. The quantitative estimate of drug-likeness (QED) is 0.846. The molecule has 120 valence electrons. The fraction of sp³-hybridized carbons (Fsp3) is 0.824. The Hall–Kier alpha value is -0.870. The van der Waals surface area contributed by atoms with Crippen molar-refractivity contribution in [3.8, 4) is 0 Å². The number of nitrogens with zero attached hydrogens (tertiary/aromatic N) is 2. The van der Waals surface area contributed by atoms with Gasteiger partial charge in [-0.05, 0) is 57.9 Å². The largest absolute Gasteiger partial charge is 0.329 e. The summed E-state index contributed by atoms with van der Waals surface area (Å²) in [5, 5.41) is 0. The van der Waals surface area contributed by atoms with Crippen molar-refractivity contribution in [2.24, 2.45) is 11.7 Å². The fourth-order valence-electron chi connectivity index (χ4n) is 3.78. The summed E-state index contributed by atoms with van der Waals surface area (Å²) in [5.41, 5.74) is 7.17. The standard InChI is InChI=1S/C17H31N3O/c1-3-20(15-9-5-4-6-10-15)17(21)13-19-11-7-8-14(2)16(19)12-18/h9,14,16H,3-8,10-13,18H2,1-2H3. The summed E-state index contributed by atoms with van der Waals surface area (Å²) in [6.45, 7) is 7.30. The molecular weight excluding hydrogens is 262 g/mol. The first-order chi connectivity index (χ1) is 10.2. The molecule has 21 heavy (non-hydrogen) atoms. The summed E-state index contributed by atoms with van der Waals surface area (Å²) in [4.78, 5) is 17.0. The number of rotatable bonds is 5. The van der Waals surface area contributed by atoms with Crippen LogP contribution in [-0.4, -0.2) is 47.9 Å². The van der Waals surface area contributed by atoms with Crippen LogP contribution >= 0.6 is 0 Å². The molecule has 1 amide bonds. The Kier molecular flexibility index (Phi) is 6.24. The number of piperidine rings is 1. The summed E-state index contributed by atoms with van der Waals surface area (Å²) >= 11 is 0. The molecular formula is C17H31N3O. The number of hydrogen-bond acceptors (Lipinski definition) is 3. The maximum atomic E-state index is 12.7. The Labute approximate surface area is 129 Å². The molecule has 2 rings (SSSR count). The van der Waals surface area contributed by atoms with Crippen molar-refractivity contribution in [2.45, 2.75) is 58.4 Å². The van der Waals surface area contributed by atoms with Crippen LogP contribution in [0.4, 0.5) is 0 Å².